The Bertz CT molecular complexity index is 302. The van der Waals surface area contributed by atoms with Gasteiger partial charge in [0.05, 0.1) is 6.10 Å². The van der Waals surface area contributed by atoms with Gasteiger partial charge in [0.1, 0.15) is 0 Å². The summed E-state index contributed by atoms with van der Waals surface area (Å²) < 4.78 is 0. The van der Waals surface area contributed by atoms with E-state index >= 15 is 0 Å². The fourth-order valence-electron chi connectivity index (χ4n) is 4.30. The highest BCUT2D eigenvalue weighted by Gasteiger charge is 2.49. The highest BCUT2D eigenvalue weighted by molar-refractivity contribution is 5.21. The smallest absolute Gasteiger partial charge is 0.0610 e. The molecule has 0 radical (unpaired) electrons. The average molecular weight is 206 g/mol. The van der Waals surface area contributed by atoms with Gasteiger partial charge < -0.3 is 5.11 Å². The van der Waals surface area contributed by atoms with Crippen molar-refractivity contribution in [3.05, 3.63) is 11.6 Å². The molecule has 0 saturated heterocycles. The van der Waals surface area contributed by atoms with E-state index < -0.39 is 0 Å². The van der Waals surface area contributed by atoms with Gasteiger partial charge in [0.25, 0.3) is 0 Å². The summed E-state index contributed by atoms with van der Waals surface area (Å²) in [5, 5.41) is 10.1. The number of aliphatic hydroxyl groups is 1. The first-order valence-electron chi connectivity index (χ1n) is 6.46. The molecule has 0 aliphatic heterocycles. The van der Waals surface area contributed by atoms with Gasteiger partial charge in [-0.25, -0.2) is 0 Å². The maximum absolute atomic E-state index is 10.1. The van der Waals surface area contributed by atoms with Gasteiger partial charge >= 0.3 is 0 Å². The summed E-state index contributed by atoms with van der Waals surface area (Å²) in [6, 6.07) is 0. The van der Waals surface area contributed by atoms with E-state index in [2.05, 4.69) is 19.9 Å². The number of hydrogen-bond donors (Lipinski definition) is 1. The molecular weight excluding hydrogens is 184 g/mol. The molecule has 3 aliphatic rings. The molecule has 15 heavy (non-hydrogen) atoms. The summed E-state index contributed by atoms with van der Waals surface area (Å²) in [7, 11) is 0. The van der Waals surface area contributed by atoms with Crippen molar-refractivity contribution in [2.75, 3.05) is 0 Å². The molecule has 2 saturated carbocycles. The second-order valence-electron chi connectivity index (χ2n) is 6.51. The van der Waals surface area contributed by atoms with Gasteiger partial charge in [-0.3, -0.25) is 0 Å². The number of allylic oxidation sites excluding steroid dienone is 1. The van der Waals surface area contributed by atoms with Crippen LogP contribution in [0.1, 0.15) is 46.0 Å². The average Bonchev–Trinajstić information content (AvgIpc) is 2.68. The van der Waals surface area contributed by atoms with Crippen LogP contribution in [0.15, 0.2) is 11.6 Å². The molecule has 0 unspecified atom stereocenters. The Kier molecular flexibility index (Phi) is 2.04. The van der Waals surface area contributed by atoms with Crippen LogP contribution in [0.3, 0.4) is 0 Å². The van der Waals surface area contributed by atoms with Crippen molar-refractivity contribution in [1.29, 1.82) is 0 Å². The highest BCUT2D eigenvalue weighted by atomic mass is 16.3. The summed E-state index contributed by atoms with van der Waals surface area (Å²) in [5.74, 6) is 2.08. The van der Waals surface area contributed by atoms with E-state index in [1.807, 2.05) is 0 Å². The largest absolute Gasteiger partial charge is 0.392 e. The Morgan fingerprint density at radius 2 is 2.20 bits per heavy atom. The van der Waals surface area contributed by atoms with Gasteiger partial charge in [-0.05, 0) is 49.4 Å². The van der Waals surface area contributed by atoms with Crippen LogP contribution in [0.4, 0.5) is 0 Å². The van der Waals surface area contributed by atoms with Crippen LogP contribution in [-0.4, -0.2) is 11.2 Å². The molecule has 1 nitrogen and oxygen atoms in total. The van der Waals surface area contributed by atoms with Crippen molar-refractivity contribution in [1.82, 2.24) is 0 Å². The molecule has 1 N–H and O–H groups in total. The van der Waals surface area contributed by atoms with Crippen LogP contribution < -0.4 is 0 Å². The molecule has 0 heterocycles. The lowest BCUT2D eigenvalue weighted by atomic mass is 9.69. The zero-order valence-corrected chi connectivity index (χ0v) is 9.87. The van der Waals surface area contributed by atoms with Gasteiger partial charge in [-0.2, -0.15) is 0 Å². The lowest BCUT2D eigenvalue weighted by molar-refractivity contribution is 0.133. The van der Waals surface area contributed by atoms with Crippen molar-refractivity contribution in [3.8, 4) is 0 Å². The lowest BCUT2D eigenvalue weighted by Gasteiger charge is -2.35. The Morgan fingerprint density at radius 3 is 3.00 bits per heavy atom. The maximum Gasteiger partial charge on any atom is 0.0610 e. The first-order chi connectivity index (χ1) is 7.08. The summed E-state index contributed by atoms with van der Waals surface area (Å²) >= 11 is 0. The predicted octanol–water partition coefficient (Wildman–Crippen LogP) is 3.14. The molecule has 0 bridgehead atoms. The van der Waals surface area contributed by atoms with Gasteiger partial charge in [0.15, 0.2) is 0 Å². The van der Waals surface area contributed by atoms with Crippen LogP contribution in [0.25, 0.3) is 0 Å². The molecule has 4 atom stereocenters. The highest BCUT2D eigenvalue weighted by Crippen LogP contribution is 2.55. The molecule has 3 aliphatic carbocycles. The van der Waals surface area contributed by atoms with Crippen LogP contribution in [0.2, 0.25) is 0 Å². The van der Waals surface area contributed by atoms with Crippen molar-refractivity contribution < 1.29 is 5.11 Å². The molecule has 0 aromatic carbocycles. The second kappa shape index (κ2) is 3.10. The normalized spacial score (nSPS) is 47.3. The fourth-order valence-corrected chi connectivity index (χ4v) is 4.30. The topological polar surface area (TPSA) is 20.2 Å². The number of hydrogen-bond acceptors (Lipinski definition) is 1. The molecule has 0 aromatic rings. The Hall–Kier alpha value is -0.300. The van der Waals surface area contributed by atoms with Crippen LogP contribution in [0.5, 0.6) is 0 Å². The molecule has 0 amide bonds. The van der Waals surface area contributed by atoms with E-state index in [1.165, 1.54) is 25.7 Å². The Balaban J connectivity index is 1.94. The number of aliphatic hydroxyl groups excluding tert-OH is 1. The zero-order chi connectivity index (χ0) is 10.6. The lowest BCUT2D eigenvalue weighted by Crippen LogP contribution is -2.28. The SMILES string of the molecule is CC1(C)C[C@@H](O)[C@@H]2C=C3CCC[C@@H]3C[C@H]21. The van der Waals surface area contributed by atoms with Crippen LogP contribution >= 0.6 is 0 Å². The first-order valence-corrected chi connectivity index (χ1v) is 6.46. The van der Waals surface area contributed by atoms with Crippen molar-refractivity contribution in [2.24, 2.45) is 23.2 Å². The summed E-state index contributed by atoms with van der Waals surface area (Å²) in [6.07, 6.45) is 8.82. The van der Waals surface area contributed by atoms with Gasteiger partial charge in [-0.15, -0.1) is 0 Å². The van der Waals surface area contributed by atoms with Gasteiger partial charge in [0.2, 0.25) is 0 Å². The van der Waals surface area contributed by atoms with Gasteiger partial charge in [0, 0.05) is 5.92 Å². The molecule has 2 fully saturated rings. The standard InChI is InChI=1S/C14H22O/c1-14(2)8-13(15)11-6-9-4-3-5-10(9)7-12(11)14/h6,10-13,15H,3-5,7-8H2,1-2H3/t10-,11-,12-,13-/m1/s1. The summed E-state index contributed by atoms with van der Waals surface area (Å²) in [5.41, 5.74) is 2.03. The molecule has 84 valence electrons. The predicted molar refractivity (Wildman–Crippen MR) is 61.4 cm³/mol. The van der Waals surface area contributed by atoms with E-state index in [9.17, 15) is 5.11 Å². The quantitative estimate of drug-likeness (QED) is 0.604. The van der Waals surface area contributed by atoms with Crippen molar-refractivity contribution in [3.63, 3.8) is 0 Å². The molecule has 3 rings (SSSR count). The van der Waals surface area contributed by atoms with Crippen molar-refractivity contribution in [2.45, 2.75) is 52.1 Å². The monoisotopic (exact) mass is 206 g/mol. The minimum absolute atomic E-state index is 0.0703. The maximum atomic E-state index is 10.1. The Morgan fingerprint density at radius 1 is 1.40 bits per heavy atom. The molecular formula is C14H22O. The summed E-state index contributed by atoms with van der Waals surface area (Å²) in [6.45, 7) is 4.68. The fraction of sp³-hybridized carbons (Fsp3) is 0.857. The van der Waals surface area contributed by atoms with Gasteiger partial charge in [-0.1, -0.05) is 25.5 Å². The van der Waals surface area contributed by atoms with E-state index in [0.717, 1.165) is 18.3 Å². The van der Waals surface area contributed by atoms with Crippen molar-refractivity contribution >= 4 is 0 Å². The first kappa shape index (κ1) is 9.89. The minimum atomic E-state index is -0.0703. The zero-order valence-electron chi connectivity index (χ0n) is 9.87. The molecule has 0 spiro atoms. The van der Waals surface area contributed by atoms with E-state index in [4.69, 9.17) is 0 Å². The van der Waals surface area contributed by atoms with E-state index in [0.29, 0.717) is 11.3 Å². The summed E-state index contributed by atoms with van der Waals surface area (Å²) in [4.78, 5) is 0. The minimum Gasteiger partial charge on any atom is -0.392 e. The van der Waals surface area contributed by atoms with Crippen LogP contribution in [0, 0.1) is 23.2 Å². The van der Waals surface area contributed by atoms with Crippen LogP contribution in [-0.2, 0) is 0 Å². The Labute approximate surface area is 92.6 Å². The molecule has 1 heteroatoms. The third-order valence-corrected chi connectivity index (χ3v) is 5.14. The number of rotatable bonds is 0. The number of fused-ring (bicyclic) bond motifs is 2. The molecule has 0 aromatic heterocycles. The van der Waals surface area contributed by atoms with E-state index in [-0.39, 0.29) is 6.10 Å². The third-order valence-electron chi connectivity index (χ3n) is 5.14. The third kappa shape index (κ3) is 1.39. The second-order valence-corrected chi connectivity index (χ2v) is 6.51. The van der Waals surface area contributed by atoms with E-state index in [1.54, 1.807) is 5.57 Å².